The van der Waals surface area contributed by atoms with Gasteiger partial charge in [-0.15, -0.1) is 5.10 Å². The first-order valence-electron chi connectivity index (χ1n) is 9.97. The van der Waals surface area contributed by atoms with E-state index in [4.69, 9.17) is 0 Å². The molecule has 1 aromatic heterocycles. The molecule has 6 nitrogen and oxygen atoms in total. The predicted molar refractivity (Wildman–Crippen MR) is 105 cm³/mol. The van der Waals surface area contributed by atoms with Crippen molar-refractivity contribution in [3.05, 3.63) is 53.1 Å². The molecule has 4 rings (SSSR count). The molecule has 0 spiro atoms. The average molecular weight is 383 g/mol. The number of nitrogens with one attached hydrogen (secondary N) is 1. The second-order valence-corrected chi connectivity index (χ2v) is 7.78. The summed E-state index contributed by atoms with van der Waals surface area (Å²) >= 11 is 0. The van der Waals surface area contributed by atoms with Gasteiger partial charge in [0.1, 0.15) is 11.5 Å². The van der Waals surface area contributed by atoms with Crippen molar-refractivity contribution in [2.45, 2.75) is 51.6 Å². The minimum Gasteiger partial charge on any atom is -0.331 e. The third kappa shape index (κ3) is 3.66. The molecule has 2 amide bonds. The summed E-state index contributed by atoms with van der Waals surface area (Å²) in [6, 6.07) is 5.19. The summed E-state index contributed by atoms with van der Waals surface area (Å²) < 4.78 is 15.8. The van der Waals surface area contributed by atoms with Gasteiger partial charge < -0.3 is 10.2 Å². The molecule has 28 heavy (non-hydrogen) atoms. The highest BCUT2D eigenvalue weighted by Crippen LogP contribution is 2.33. The van der Waals surface area contributed by atoms with E-state index in [0.717, 1.165) is 41.7 Å². The number of rotatable bonds is 3. The Balaban J connectivity index is 1.38. The largest absolute Gasteiger partial charge is 0.331 e. The molecule has 0 fully saturated rings. The number of nitrogens with zero attached hydrogens (tertiary/aromatic N) is 4. The number of hydrogen-bond donors (Lipinski definition) is 1. The van der Waals surface area contributed by atoms with Gasteiger partial charge in [0.25, 0.3) is 0 Å². The molecule has 1 unspecified atom stereocenters. The van der Waals surface area contributed by atoms with E-state index in [1.807, 2.05) is 21.8 Å². The van der Waals surface area contributed by atoms with E-state index in [1.54, 1.807) is 6.07 Å². The van der Waals surface area contributed by atoms with Gasteiger partial charge in [0.05, 0.1) is 12.2 Å². The van der Waals surface area contributed by atoms with Gasteiger partial charge in [-0.05, 0) is 62.3 Å². The number of aromatic nitrogens is 3. The minimum absolute atomic E-state index is 0.0809. The molecule has 1 aromatic carbocycles. The van der Waals surface area contributed by atoms with Crippen molar-refractivity contribution in [3.8, 4) is 0 Å². The van der Waals surface area contributed by atoms with Crippen LogP contribution in [0.2, 0.25) is 0 Å². The fourth-order valence-corrected chi connectivity index (χ4v) is 3.98. The van der Waals surface area contributed by atoms with E-state index >= 15 is 0 Å². The molecular formula is C21H26FN5O. The molecule has 2 aromatic rings. The Morgan fingerprint density at radius 1 is 1.29 bits per heavy atom. The normalized spacial score (nSPS) is 19.4. The number of fused-ring (bicyclic) bond motifs is 1. The quantitative estimate of drug-likeness (QED) is 0.875. The van der Waals surface area contributed by atoms with E-state index in [-0.39, 0.29) is 23.9 Å². The molecule has 1 aliphatic heterocycles. The highest BCUT2D eigenvalue weighted by molar-refractivity contribution is 5.76. The van der Waals surface area contributed by atoms with Gasteiger partial charge in [0.15, 0.2) is 0 Å². The van der Waals surface area contributed by atoms with Crippen molar-refractivity contribution in [2.75, 3.05) is 13.1 Å². The predicted octanol–water partition coefficient (Wildman–Crippen LogP) is 3.87. The number of urea groups is 1. The summed E-state index contributed by atoms with van der Waals surface area (Å²) in [5.41, 5.74) is 3.67. The van der Waals surface area contributed by atoms with E-state index in [2.05, 4.69) is 35.6 Å². The topological polar surface area (TPSA) is 63.1 Å². The van der Waals surface area contributed by atoms with Crippen LogP contribution in [0.5, 0.6) is 0 Å². The lowest BCUT2D eigenvalue weighted by Crippen LogP contribution is -2.41. The SMILES string of the molecule is CC(C)n1cc(C2=CCCN(C(=O)NC3CCc4c(F)cccc43)CC2)nn1. The molecule has 2 heterocycles. The Bertz CT molecular complexity index is 904. The van der Waals surface area contributed by atoms with Gasteiger partial charge in [0.2, 0.25) is 0 Å². The highest BCUT2D eigenvalue weighted by Gasteiger charge is 2.28. The summed E-state index contributed by atoms with van der Waals surface area (Å²) in [6.45, 7) is 5.43. The van der Waals surface area contributed by atoms with E-state index in [9.17, 15) is 9.18 Å². The number of amides is 2. The first-order valence-corrected chi connectivity index (χ1v) is 9.97. The zero-order valence-corrected chi connectivity index (χ0v) is 16.4. The van der Waals surface area contributed by atoms with E-state index in [0.29, 0.717) is 19.5 Å². The Kier molecular flexibility index (Phi) is 5.15. The zero-order valence-electron chi connectivity index (χ0n) is 16.4. The summed E-state index contributed by atoms with van der Waals surface area (Å²) in [5, 5.41) is 11.6. The second kappa shape index (κ2) is 7.73. The first-order chi connectivity index (χ1) is 13.5. The number of halogens is 1. The lowest BCUT2D eigenvalue weighted by atomic mass is 10.1. The maximum atomic E-state index is 13.9. The summed E-state index contributed by atoms with van der Waals surface area (Å²) in [7, 11) is 0. The van der Waals surface area contributed by atoms with E-state index in [1.165, 1.54) is 6.07 Å². The lowest BCUT2D eigenvalue weighted by molar-refractivity contribution is 0.196. The maximum absolute atomic E-state index is 13.9. The molecule has 1 N–H and O–H groups in total. The molecule has 2 aliphatic rings. The molecule has 7 heteroatoms. The van der Waals surface area contributed by atoms with Crippen LogP contribution in [-0.4, -0.2) is 39.0 Å². The molecule has 1 atom stereocenters. The average Bonchev–Trinajstić information content (AvgIpc) is 3.24. The maximum Gasteiger partial charge on any atom is 0.317 e. The van der Waals surface area contributed by atoms with Crippen LogP contribution in [0.3, 0.4) is 0 Å². The van der Waals surface area contributed by atoms with Crippen LogP contribution < -0.4 is 5.32 Å². The molecule has 0 bridgehead atoms. The Hall–Kier alpha value is -2.70. The second-order valence-electron chi connectivity index (χ2n) is 7.78. The van der Waals surface area contributed by atoms with Gasteiger partial charge in [-0.2, -0.15) is 0 Å². The molecule has 0 saturated carbocycles. The molecule has 148 valence electrons. The van der Waals surface area contributed by atoms with Crippen LogP contribution in [0.25, 0.3) is 5.57 Å². The summed E-state index contributed by atoms with van der Waals surface area (Å²) in [6.07, 6.45) is 7.08. The Morgan fingerprint density at radius 2 is 2.14 bits per heavy atom. The van der Waals surface area contributed by atoms with Crippen molar-refractivity contribution in [1.82, 2.24) is 25.2 Å². The van der Waals surface area contributed by atoms with Crippen LogP contribution in [-0.2, 0) is 6.42 Å². The standard InChI is InChI=1S/C21H26FN5O/c1-14(2)27-13-20(24-25-27)15-5-4-11-26(12-10-15)21(28)23-19-9-8-16-17(19)6-3-7-18(16)22/h3,5-7,13-14,19H,4,8-12H2,1-2H3,(H,23,28). The van der Waals surface area contributed by atoms with Crippen molar-refractivity contribution < 1.29 is 9.18 Å². The fourth-order valence-electron chi connectivity index (χ4n) is 3.98. The monoisotopic (exact) mass is 383 g/mol. The number of benzene rings is 1. The lowest BCUT2D eigenvalue weighted by Gasteiger charge is -2.24. The molecule has 0 radical (unpaired) electrons. The van der Waals surface area contributed by atoms with Crippen molar-refractivity contribution in [2.24, 2.45) is 0 Å². The summed E-state index contributed by atoms with van der Waals surface area (Å²) in [4.78, 5) is 14.6. The number of hydrogen-bond acceptors (Lipinski definition) is 3. The van der Waals surface area contributed by atoms with Gasteiger partial charge >= 0.3 is 6.03 Å². The Labute approximate surface area is 164 Å². The van der Waals surface area contributed by atoms with Gasteiger partial charge in [0, 0.05) is 19.1 Å². The molecule has 0 saturated heterocycles. The Morgan fingerprint density at radius 3 is 2.93 bits per heavy atom. The fraction of sp³-hybridized carbons (Fsp3) is 0.476. The van der Waals surface area contributed by atoms with Gasteiger partial charge in [-0.3, -0.25) is 0 Å². The van der Waals surface area contributed by atoms with Crippen LogP contribution in [0.1, 0.15) is 62.0 Å². The third-order valence-corrected chi connectivity index (χ3v) is 5.61. The van der Waals surface area contributed by atoms with Crippen LogP contribution in [0.4, 0.5) is 9.18 Å². The van der Waals surface area contributed by atoms with Crippen LogP contribution >= 0.6 is 0 Å². The van der Waals surface area contributed by atoms with Crippen molar-refractivity contribution >= 4 is 11.6 Å². The van der Waals surface area contributed by atoms with Crippen LogP contribution in [0.15, 0.2) is 30.5 Å². The molecule has 1 aliphatic carbocycles. The van der Waals surface area contributed by atoms with Crippen LogP contribution in [0, 0.1) is 5.82 Å². The zero-order chi connectivity index (χ0) is 19.7. The minimum atomic E-state index is -0.174. The van der Waals surface area contributed by atoms with Gasteiger partial charge in [-0.1, -0.05) is 23.4 Å². The van der Waals surface area contributed by atoms with E-state index < -0.39 is 0 Å². The molecular weight excluding hydrogens is 357 g/mol. The number of carbonyl (C=O) groups excluding carboxylic acids is 1. The van der Waals surface area contributed by atoms with Gasteiger partial charge in [-0.25, -0.2) is 13.9 Å². The summed E-state index contributed by atoms with van der Waals surface area (Å²) in [5.74, 6) is -0.174. The highest BCUT2D eigenvalue weighted by atomic mass is 19.1. The third-order valence-electron chi connectivity index (χ3n) is 5.61. The first kappa shape index (κ1) is 18.7. The van der Waals surface area contributed by atoms with Crippen molar-refractivity contribution in [3.63, 3.8) is 0 Å². The number of carbonyl (C=O) groups is 1. The van der Waals surface area contributed by atoms with Crippen molar-refractivity contribution in [1.29, 1.82) is 0 Å². The smallest absolute Gasteiger partial charge is 0.317 e.